The van der Waals surface area contributed by atoms with E-state index in [4.69, 9.17) is 18.9 Å². The van der Waals surface area contributed by atoms with Gasteiger partial charge in [0.15, 0.2) is 0 Å². The van der Waals surface area contributed by atoms with Crippen LogP contribution in [0.1, 0.15) is 52.9 Å². The largest absolute Gasteiger partial charge is 0.511 e. The number of carbonyl (C=O) groups is 4. The number of fused-ring (bicyclic) bond motifs is 1. The van der Waals surface area contributed by atoms with Crippen molar-refractivity contribution in [2.75, 3.05) is 20.0 Å². The standard InChI is InChI=1S/C18H27NO8S/c1-4-5-6-7-8-24-17(23)27-11-26-16(22)15-18(3,10-25-12(2)20)28-14-9-13(21)19(14)15/h14-15H,4-11H2,1-3H3/t14-,15+,18+/m1/s1. The number of hydrogen-bond acceptors (Lipinski definition) is 9. The van der Waals surface area contributed by atoms with Crippen LogP contribution < -0.4 is 0 Å². The van der Waals surface area contributed by atoms with Crippen LogP contribution in [0, 0.1) is 0 Å². The van der Waals surface area contributed by atoms with Crippen LogP contribution in [-0.4, -0.2) is 65.1 Å². The van der Waals surface area contributed by atoms with Crippen LogP contribution >= 0.6 is 11.8 Å². The van der Waals surface area contributed by atoms with E-state index in [1.54, 1.807) is 6.92 Å². The van der Waals surface area contributed by atoms with E-state index >= 15 is 0 Å². The van der Waals surface area contributed by atoms with Gasteiger partial charge in [-0.1, -0.05) is 26.2 Å². The predicted molar refractivity (Wildman–Crippen MR) is 99.2 cm³/mol. The van der Waals surface area contributed by atoms with E-state index in [1.165, 1.54) is 23.6 Å². The van der Waals surface area contributed by atoms with Crippen molar-refractivity contribution in [3.8, 4) is 0 Å². The van der Waals surface area contributed by atoms with Crippen LogP contribution in [0.2, 0.25) is 0 Å². The molecule has 2 aliphatic heterocycles. The highest BCUT2D eigenvalue weighted by atomic mass is 32.2. The summed E-state index contributed by atoms with van der Waals surface area (Å²) in [7, 11) is 0. The van der Waals surface area contributed by atoms with Crippen molar-refractivity contribution in [2.45, 2.75) is 69.0 Å². The maximum Gasteiger partial charge on any atom is 0.511 e. The second-order valence-corrected chi connectivity index (χ2v) is 8.67. The molecule has 158 valence electrons. The van der Waals surface area contributed by atoms with Gasteiger partial charge in [0, 0.05) is 6.92 Å². The number of thioether (sulfide) groups is 1. The van der Waals surface area contributed by atoms with Crippen LogP contribution in [0.25, 0.3) is 0 Å². The van der Waals surface area contributed by atoms with Gasteiger partial charge in [-0.2, -0.15) is 0 Å². The molecule has 1 amide bonds. The van der Waals surface area contributed by atoms with Crippen LogP contribution in [0.5, 0.6) is 0 Å². The molecule has 0 aromatic heterocycles. The molecule has 10 heteroatoms. The lowest BCUT2D eigenvalue weighted by Crippen LogP contribution is -2.58. The zero-order valence-corrected chi connectivity index (χ0v) is 17.2. The molecular weight excluding hydrogens is 390 g/mol. The van der Waals surface area contributed by atoms with Gasteiger partial charge in [0.2, 0.25) is 12.7 Å². The van der Waals surface area contributed by atoms with Crippen molar-refractivity contribution in [3.63, 3.8) is 0 Å². The Balaban J connectivity index is 1.81. The fourth-order valence-electron chi connectivity index (χ4n) is 3.14. The van der Waals surface area contributed by atoms with Gasteiger partial charge in [-0.25, -0.2) is 9.59 Å². The highest BCUT2D eigenvalue weighted by Crippen LogP contribution is 2.51. The minimum absolute atomic E-state index is 0.0340. The van der Waals surface area contributed by atoms with E-state index in [0.717, 1.165) is 25.7 Å². The monoisotopic (exact) mass is 417 g/mol. The van der Waals surface area contributed by atoms with E-state index in [9.17, 15) is 19.2 Å². The minimum atomic E-state index is -0.920. The SMILES string of the molecule is CCCCCCOC(=O)OCOC(=O)[C@@H]1N2C(=O)C[C@H]2S[C@@]1(C)COC(C)=O. The van der Waals surface area contributed by atoms with Crippen molar-refractivity contribution < 1.29 is 38.1 Å². The summed E-state index contributed by atoms with van der Waals surface area (Å²) in [5.41, 5.74) is 0. The summed E-state index contributed by atoms with van der Waals surface area (Å²) in [5.74, 6) is -1.36. The first-order valence-corrected chi connectivity index (χ1v) is 10.2. The van der Waals surface area contributed by atoms with Gasteiger partial charge in [0.05, 0.1) is 23.1 Å². The summed E-state index contributed by atoms with van der Waals surface area (Å²) in [5, 5.41) is -0.153. The molecule has 0 bridgehead atoms. The summed E-state index contributed by atoms with van der Waals surface area (Å²) >= 11 is 1.40. The summed E-state index contributed by atoms with van der Waals surface area (Å²) in [6.07, 6.45) is 3.27. The second-order valence-electron chi connectivity index (χ2n) is 6.96. The highest BCUT2D eigenvalue weighted by Gasteiger charge is 2.61. The highest BCUT2D eigenvalue weighted by molar-refractivity contribution is 8.01. The van der Waals surface area contributed by atoms with Gasteiger partial charge in [0.25, 0.3) is 0 Å². The van der Waals surface area contributed by atoms with Gasteiger partial charge in [0.1, 0.15) is 12.6 Å². The summed E-state index contributed by atoms with van der Waals surface area (Å²) in [6.45, 7) is 4.70. The molecule has 2 rings (SSSR count). The Labute approximate surface area is 168 Å². The Morgan fingerprint density at radius 2 is 1.89 bits per heavy atom. The number of unbranched alkanes of at least 4 members (excludes halogenated alkanes) is 3. The first-order chi connectivity index (χ1) is 13.3. The van der Waals surface area contributed by atoms with E-state index in [-0.39, 0.29) is 24.5 Å². The van der Waals surface area contributed by atoms with E-state index in [2.05, 4.69) is 6.92 Å². The third-order valence-corrected chi connectivity index (χ3v) is 6.14. The average molecular weight is 417 g/mol. The number of esters is 2. The molecule has 0 spiro atoms. The molecule has 0 aromatic carbocycles. The van der Waals surface area contributed by atoms with Gasteiger partial charge < -0.3 is 23.8 Å². The third kappa shape index (κ3) is 5.52. The Kier molecular flexibility index (Phi) is 7.97. The first-order valence-electron chi connectivity index (χ1n) is 9.37. The van der Waals surface area contributed by atoms with Crippen molar-refractivity contribution in [3.05, 3.63) is 0 Å². The van der Waals surface area contributed by atoms with Crippen LogP contribution in [0.3, 0.4) is 0 Å². The van der Waals surface area contributed by atoms with E-state index in [1.807, 2.05) is 0 Å². The Morgan fingerprint density at radius 1 is 1.14 bits per heavy atom. The van der Waals surface area contributed by atoms with E-state index in [0.29, 0.717) is 6.42 Å². The minimum Gasteiger partial charge on any atom is -0.464 e. The molecule has 0 unspecified atom stereocenters. The number of nitrogens with zero attached hydrogens (tertiary/aromatic N) is 1. The van der Waals surface area contributed by atoms with Crippen molar-refractivity contribution >= 4 is 35.8 Å². The molecular formula is C18H27NO8S. The van der Waals surface area contributed by atoms with Crippen molar-refractivity contribution in [2.24, 2.45) is 0 Å². The number of ether oxygens (including phenoxy) is 4. The fraction of sp³-hybridized carbons (Fsp3) is 0.778. The van der Waals surface area contributed by atoms with Crippen LogP contribution in [0.4, 0.5) is 4.79 Å². The normalized spacial score (nSPS) is 25.5. The molecule has 2 heterocycles. The van der Waals surface area contributed by atoms with Gasteiger partial charge in [-0.05, 0) is 13.3 Å². The van der Waals surface area contributed by atoms with Gasteiger partial charge >= 0.3 is 18.1 Å². The Bertz CT molecular complexity index is 612. The molecule has 0 saturated carbocycles. The summed E-state index contributed by atoms with van der Waals surface area (Å²) in [4.78, 5) is 48.6. The summed E-state index contributed by atoms with van der Waals surface area (Å²) in [6, 6.07) is -0.920. The first kappa shape index (κ1) is 22.3. The van der Waals surface area contributed by atoms with Crippen molar-refractivity contribution in [1.29, 1.82) is 0 Å². The molecule has 0 aliphatic carbocycles. The van der Waals surface area contributed by atoms with E-state index < -0.39 is 35.7 Å². The maximum atomic E-state index is 12.6. The molecule has 2 fully saturated rings. The zero-order valence-electron chi connectivity index (χ0n) is 16.4. The predicted octanol–water partition coefficient (Wildman–Crippen LogP) is 2.22. The van der Waals surface area contributed by atoms with Gasteiger partial charge in [-0.15, -0.1) is 11.8 Å². The lowest BCUT2D eigenvalue weighted by molar-refractivity contribution is -0.169. The van der Waals surface area contributed by atoms with Gasteiger partial charge in [-0.3, -0.25) is 9.59 Å². The van der Waals surface area contributed by atoms with Crippen LogP contribution in [-0.2, 0) is 33.3 Å². The molecule has 28 heavy (non-hydrogen) atoms. The molecule has 0 radical (unpaired) electrons. The number of β-lactam (4-membered cyclic amide) rings is 1. The number of rotatable bonds is 10. The maximum absolute atomic E-state index is 12.6. The lowest BCUT2D eigenvalue weighted by Gasteiger charge is -2.37. The number of amides is 1. The molecule has 0 N–H and O–H groups in total. The second kappa shape index (κ2) is 9.99. The quantitative estimate of drug-likeness (QED) is 0.174. The number of carbonyl (C=O) groups excluding carboxylic acids is 4. The van der Waals surface area contributed by atoms with Crippen molar-refractivity contribution in [1.82, 2.24) is 4.90 Å². The number of hydrogen-bond donors (Lipinski definition) is 0. The topological polar surface area (TPSA) is 108 Å². The Morgan fingerprint density at radius 3 is 2.54 bits per heavy atom. The molecule has 2 saturated heterocycles. The lowest BCUT2D eigenvalue weighted by atomic mass is 9.97. The van der Waals surface area contributed by atoms with Crippen LogP contribution in [0.15, 0.2) is 0 Å². The molecule has 2 aliphatic rings. The molecule has 9 nitrogen and oxygen atoms in total. The average Bonchev–Trinajstić information content (AvgIpc) is 2.87. The Hall–Kier alpha value is -1.97. The zero-order chi connectivity index (χ0) is 20.7. The third-order valence-electron chi connectivity index (χ3n) is 4.59. The smallest absolute Gasteiger partial charge is 0.464 e. The fourth-order valence-corrected chi connectivity index (χ4v) is 4.81. The summed E-state index contributed by atoms with van der Waals surface area (Å²) < 4.78 is 18.9. The molecule has 3 atom stereocenters. The molecule has 0 aromatic rings.